The van der Waals surface area contributed by atoms with Crippen LogP contribution in [0.5, 0.6) is 0 Å². The molecule has 3 aromatic rings. The van der Waals surface area contributed by atoms with Crippen LogP contribution < -0.4 is 38.2 Å². The maximum Gasteiger partial charge on any atom is 0.407 e. The molecule has 31 heavy (non-hydrogen) atoms. The number of hydrogen-bond acceptors (Lipinski definition) is 2. The molecule has 0 unspecified atom stereocenters. The zero-order valence-corrected chi connectivity index (χ0v) is 20.9. The topological polar surface area (TPSA) is 38.3 Å². The lowest BCUT2D eigenvalue weighted by Crippen LogP contribution is -3.00. The fourth-order valence-electron chi connectivity index (χ4n) is 3.70. The SMILES string of the molecule is CC(C)(C)OC(=O)NCCC[P+](c1ccccc1)(c1ccccc1)c1ccccc1.[Br-]. The molecular formula is C26H31BrNO2P. The van der Waals surface area contributed by atoms with Gasteiger partial charge < -0.3 is 27.0 Å². The van der Waals surface area contributed by atoms with Gasteiger partial charge in [0, 0.05) is 6.54 Å². The van der Waals surface area contributed by atoms with E-state index in [1.54, 1.807) is 0 Å². The molecule has 0 saturated carbocycles. The standard InChI is InChI=1S/C26H30NO2P.BrH/c1-26(2,3)29-25(28)27-20-13-21-30(22-14-7-4-8-15-22,23-16-9-5-10-17-23)24-18-11-6-12-19-24;/h4-12,14-19H,13,20-21H2,1-3H3;1H. The lowest BCUT2D eigenvalue weighted by atomic mass is 10.2. The number of ether oxygens (including phenoxy) is 1. The van der Waals surface area contributed by atoms with Crippen molar-refractivity contribution in [2.45, 2.75) is 32.8 Å². The Morgan fingerprint density at radius 1 is 0.774 bits per heavy atom. The van der Waals surface area contributed by atoms with Crippen molar-refractivity contribution in [1.29, 1.82) is 0 Å². The Kier molecular flexibility index (Phi) is 9.28. The molecule has 0 radical (unpaired) electrons. The predicted octanol–water partition coefficient (Wildman–Crippen LogP) is 1.90. The molecule has 1 N–H and O–H groups in total. The second kappa shape index (κ2) is 11.5. The van der Waals surface area contributed by atoms with Crippen molar-refractivity contribution in [3.05, 3.63) is 91.0 Å². The summed E-state index contributed by atoms with van der Waals surface area (Å²) in [4.78, 5) is 12.1. The van der Waals surface area contributed by atoms with E-state index in [2.05, 4.69) is 96.3 Å². The number of alkyl carbamates (subject to hydrolysis) is 1. The van der Waals surface area contributed by atoms with E-state index < -0.39 is 12.9 Å². The molecule has 3 aromatic carbocycles. The lowest BCUT2D eigenvalue weighted by molar-refractivity contribution is -0.0000279. The first-order chi connectivity index (χ1) is 14.4. The van der Waals surface area contributed by atoms with Gasteiger partial charge in [0.05, 0.1) is 6.16 Å². The highest BCUT2D eigenvalue weighted by atomic mass is 79.9. The summed E-state index contributed by atoms with van der Waals surface area (Å²) >= 11 is 0. The minimum absolute atomic E-state index is 0. The molecule has 0 aliphatic heterocycles. The molecule has 0 aliphatic carbocycles. The molecule has 0 aliphatic rings. The summed E-state index contributed by atoms with van der Waals surface area (Å²) in [6, 6.07) is 32.4. The van der Waals surface area contributed by atoms with Gasteiger partial charge in [-0.05, 0) is 63.6 Å². The Labute approximate surface area is 197 Å². The van der Waals surface area contributed by atoms with E-state index in [0.29, 0.717) is 6.54 Å². The molecule has 0 spiro atoms. The number of amides is 1. The number of carbonyl (C=O) groups excluding carboxylic acids is 1. The highest BCUT2D eigenvalue weighted by Gasteiger charge is 2.44. The van der Waals surface area contributed by atoms with Crippen LogP contribution in [0.3, 0.4) is 0 Å². The van der Waals surface area contributed by atoms with Gasteiger partial charge >= 0.3 is 6.09 Å². The molecule has 5 heteroatoms. The first-order valence-corrected chi connectivity index (χ1v) is 12.4. The monoisotopic (exact) mass is 499 g/mol. The summed E-state index contributed by atoms with van der Waals surface area (Å²) in [6.07, 6.45) is 1.48. The van der Waals surface area contributed by atoms with Crippen LogP contribution in [-0.4, -0.2) is 24.4 Å². The van der Waals surface area contributed by atoms with Crippen LogP contribution in [0.2, 0.25) is 0 Å². The zero-order valence-electron chi connectivity index (χ0n) is 18.4. The number of rotatable bonds is 7. The summed E-state index contributed by atoms with van der Waals surface area (Å²) in [5.74, 6) is 0. The van der Waals surface area contributed by atoms with Crippen molar-refractivity contribution in [3.8, 4) is 0 Å². The summed E-state index contributed by atoms with van der Waals surface area (Å²) in [7, 11) is -1.85. The van der Waals surface area contributed by atoms with Crippen LogP contribution in [0.1, 0.15) is 27.2 Å². The van der Waals surface area contributed by atoms with E-state index in [-0.39, 0.29) is 23.1 Å². The fraction of sp³-hybridized carbons (Fsp3) is 0.269. The lowest BCUT2D eigenvalue weighted by Gasteiger charge is -2.28. The first-order valence-electron chi connectivity index (χ1n) is 10.4. The Hall–Kier alpha value is -2.16. The van der Waals surface area contributed by atoms with Gasteiger partial charge in [-0.25, -0.2) is 4.79 Å². The highest BCUT2D eigenvalue weighted by molar-refractivity contribution is 7.95. The predicted molar refractivity (Wildman–Crippen MR) is 129 cm³/mol. The molecule has 3 rings (SSSR count). The fourth-order valence-corrected chi connectivity index (χ4v) is 8.05. The summed E-state index contributed by atoms with van der Waals surface area (Å²) in [5.41, 5.74) is -0.487. The number of nitrogens with one attached hydrogen (secondary N) is 1. The van der Waals surface area contributed by atoms with Crippen molar-refractivity contribution >= 4 is 29.3 Å². The van der Waals surface area contributed by atoms with Crippen LogP contribution in [0, 0.1) is 0 Å². The Balaban J connectivity index is 0.00000341. The molecule has 0 aromatic heterocycles. The Bertz CT molecular complexity index is 831. The third-order valence-corrected chi connectivity index (χ3v) is 9.46. The van der Waals surface area contributed by atoms with Crippen LogP contribution in [0.15, 0.2) is 91.0 Å². The maximum atomic E-state index is 12.1. The van der Waals surface area contributed by atoms with Gasteiger partial charge in [-0.15, -0.1) is 0 Å². The zero-order chi connectivity index (χ0) is 21.5. The number of halogens is 1. The Morgan fingerprint density at radius 2 is 1.16 bits per heavy atom. The van der Waals surface area contributed by atoms with E-state index in [0.717, 1.165) is 12.6 Å². The quantitative estimate of drug-likeness (QED) is 0.398. The second-order valence-corrected chi connectivity index (χ2v) is 11.9. The molecule has 0 saturated heterocycles. The highest BCUT2D eigenvalue weighted by Crippen LogP contribution is 2.55. The van der Waals surface area contributed by atoms with Gasteiger partial charge in [0.1, 0.15) is 28.8 Å². The van der Waals surface area contributed by atoms with Gasteiger partial charge in [-0.1, -0.05) is 54.6 Å². The maximum absolute atomic E-state index is 12.1. The largest absolute Gasteiger partial charge is 1.00 e. The smallest absolute Gasteiger partial charge is 0.407 e. The van der Waals surface area contributed by atoms with E-state index in [1.807, 2.05) is 20.8 Å². The third-order valence-electron chi connectivity index (χ3n) is 4.93. The molecule has 1 amide bonds. The van der Waals surface area contributed by atoms with Crippen molar-refractivity contribution in [2.24, 2.45) is 0 Å². The molecule has 0 bridgehead atoms. The minimum atomic E-state index is -1.85. The summed E-state index contributed by atoms with van der Waals surface area (Å²) in [5, 5.41) is 7.01. The first kappa shape index (κ1) is 25.1. The molecule has 0 fully saturated rings. The molecular weight excluding hydrogens is 469 g/mol. The second-order valence-electron chi connectivity index (χ2n) is 8.32. The third kappa shape index (κ3) is 6.66. The minimum Gasteiger partial charge on any atom is -1.00 e. The summed E-state index contributed by atoms with van der Waals surface area (Å²) in [6.45, 7) is 6.22. The summed E-state index contributed by atoms with van der Waals surface area (Å²) < 4.78 is 5.38. The van der Waals surface area contributed by atoms with Crippen LogP contribution in [0.4, 0.5) is 4.79 Å². The average Bonchev–Trinajstić information content (AvgIpc) is 2.75. The number of hydrogen-bond donors (Lipinski definition) is 1. The van der Waals surface area contributed by atoms with Gasteiger partial charge in [0.2, 0.25) is 0 Å². The number of carbonyl (C=O) groups is 1. The van der Waals surface area contributed by atoms with E-state index in [1.165, 1.54) is 15.9 Å². The van der Waals surface area contributed by atoms with Crippen LogP contribution in [0.25, 0.3) is 0 Å². The van der Waals surface area contributed by atoms with E-state index >= 15 is 0 Å². The number of benzene rings is 3. The van der Waals surface area contributed by atoms with Gasteiger partial charge in [-0.2, -0.15) is 0 Å². The van der Waals surface area contributed by atoms with Crippen molar-refractivity contribution in [2.75, 3.05) is 12.7 Å². The molecule has 0 heterocycles. The van der Waals surface area contributed by atoms with Crippen molar-refractivity contribution < 1.29 is 26.5 Å². The molecule has 0 atom stereocenters. The Morgan fingerprint density at radius 3 is 1.52 bits per heavy atom. The average molecular weight is 500 g/mol. The van der Waals surface area contributed by atoms with Gasteiger partial charge in [0.15, 0.2) is 0 Å². The van der Waals surface area contributed by atoms with Gasteiger partial charge in [-0.3, -0.25) is 0 Å². The van der Waals surface area contributed by atoms with Crippen LogP contribution in [-0.2, 0) is 4.74 Å². The van der Waals surface area contributed by atoms with Crippen molar-refractivity contribution in [1.82, 2.24) is 5.32 Å². The van der Waals surface area contributed by atoms with Gasteiger partial charge in [0.25, 0.3) is 0 Å². The normalized spacial score (nSPS) is 11.3. The van der Waals surface area contributed by atoms with Crippen LogP contribution >= 0.6 is 7.26 Å². The molecule has 164 valence electrons. The molecule has 3 nitrogen and oxygen atoms in total. The van der Waals surface area contributed by atoms with Crippen molar-refractivity contribution in [3.63, 3.8) is 0 Å². The van der Waals surface area contributed by atoms with E-state index in [9.17, 15) is 4.79 Å². The van der Waals surface area contributed by atoms with E-state index in [4.69, 9.17) is 4.74 Å².